The number of anilines is 3. The van der Waals surface area contributed by atoms with Gasteiger partial charge in [0.2, 0.25) is 5.95 Å². The van der Waals surface area contributed by atoms with Gasteiger partial charge in [-0.05, 0) is 18.2 Å². The standard InChI is InChI=1S/C22H19N5O2/c23-22-26-20(15-5-2-1-3-6-15)13-21(27-22)25-16-7-4-8-18(11-16)29-19-9-10-24-17(12-19)14-28/h1-13,28H,14H2,(H3,23,25,26,27). The van der Waals surface area contributed by atoms with Gasteiger partial charge in [0, 0.05) is 35.6 Å². The van der Waals surface area contributed by atoms with Crippen molar-refractivity contribution in [1.82, 2.24) is 15.0 Å². The van der Waals surface area contributed by atoms with Crippen LogP contribution >= 0.6 is 0 Å². The average Bonchev–Trinajstić information content (AvgIpc) is 2.74. The van der Waals surface area contributed by atoms with E-state index in [4.69, 9.17) is 10.5 Å². The molecule has 0 saturated carbocycles. The maximum Gasteiger partial charge on any atom is 0.222 e. The van der Waals surface area contributed by atoms with Gasteiger partial charge in [0.25, 0.3) is 0 Å². The molecule has 0 aliphatic rings. The van der Waals surface area contributed by atoms with E-state index in [2.05, 4.69) is 20.3 Å². The molecule has 7 heteroatoms. The van der Waals surface area contributed by atoms with Gasteiger partial charge in [-0.3, -0.25) is 4.98 Å². The van der Waals surface area contributed by atoms with Crippen LogP contribution in [0.5, 0.6) is 11.5 Å². The molecule has 2 aromatic carbocycles. The lowest BCUT2D eigenvalue weighted by molar-refractivity contribution is 0.276. The molecule has 2 heterocycles. The van der Waals surface area contributed by atoms with Gasteiger partial charge in [-0.1, -0.05) is 36.4 Å². The van der Waals surface area contributed by atoms with Gasteiger partial charge in [0.15, 0.2) is 0 Å². The maximum atomic E-state index is 9.21. The number of rotatable bonds is 6. The summed E-state index contributed by atoms with van der Waals surface area (Å²) in [5.74, 6) is 2.00. The Morgan fingerprint density at radius 1 is 0.897 bits per heavy atom. The minimum Gasteiger partial charge on any atom is -0.457 e. The molecule has 0 amide bonds. The summed E-state index contributed by atoms with van der Waals surface area (Å²) >= 11 is 0. The van der Waals surface area contributed by atoms with Crippen molar-refractivity contribution in [1.29, 1.82) is 0 Å². The Kier molecular flexibility index (Phi) is 5.31. The van der Waals surface area contributed by atoms with Crippen LogP contribution in [0, 0.1) is 0 Å². The quantitative estimate of drug-likeness (QED) is 0.458. The Balaban J connectivity index is 1.56. The molecule has 0 atom stereocenters. The van der Waals surface area contributed by atoms with Crippen molar-refractivity contribution in [2.24, 2.45) is 0 Å². The Labute approximate surface area is 167 Å². The topological polar surface area (TPSA) is 106 Å². The molecule has 4 aromatic rings. The van der Waals surface area contributed by atoms with Crippen molar-refractivity contribution in [3.8, 4) is 22.8 Å². The molecule has 0 bridgehead atoms. The molecule has 0 saturated heterocycles. The van der Waals surface area contributed by atoms with E-state index in [1.54, 1.807) is 18.3 Å². The number of hydrogen-bond acceptors (Lipinski definition) is 7. The normalized spacial score (nSPS) is 10.5. The highest BCUT2D eigenvalue weighted by atomic mass is 16.5. The van der Waals surface area contributed by atoms with Gasteiger partial charge in [-0.15, -0.1) is 0 Å². The molecule has 0 spiro atoms. The molecule has 0 unspecified atom stereocenters. The number of pyridine rings is 1. The lowest BCUT2D eigenvalue weighted by Gasteiger charge is -2.11. The van der Waals surface area contributed by atoms with Crippen molar-refractivity contribution >= 4 is 17.5 Å². The van der Waals surface area contributed by atoms with Gasteiger partial charge in [-0.2, -0.15) is 4.98 Å². The van der Waals surface area contributed by atoms with Crippen LogP contribution in [0.1, 0.15) is 5.69 Å². The molecule has 0 aliphatic heterocycles. The van der Waals surface area contributed by atoms with Crippen LogP contribution in [-0.4, -0.2) is 20.1 Å². The molecule has 0 aliphatic carbocycles. The first-order valence-electron chi connectivity index (χ1n) is 9.00. The fourth-order valence-corrected chi connectivity index (χ4v) is 2.81. The fraction of sp³-hybridized carbons (Fsp3) is 0.0455. The lowest BCUT2D eigenvalue weighted by atomic mass is 10.1. The fourth-order valence-electron chi connectivity index (χ4n) is 2.81. The highest BCUT2D eigenvalue weighted by Crippen LogP contribution is 2.27. The predicted octanol–water partition coefficient (Wildman–Crippen LogP) is 4.15. The number of aromatic nitrogens is 3. The van der Waals surface area contributed by atoms with Crippen LogP contribution in [0.4, 0.5) is 17.5 Å². The third-order valence-corrected chi connectivity index (χ3v) is 4.11. The smallest absolute Gasteiger partial charge is 0.222 e. The van der Waals surface area contributed by atoms with Crippen molar-refractivity contribution in [2.45, 2.75) is 6.61 Å². The second kappa shape index (κ2) is 8.37. The number of nitrogens with zero attached hydrogens (tertiary/aromatic N) is 3. The van der Waals surface area contributed by atoms with Crippen LogP contribution in [-0.2, 0) is 6.61 Å². The first-order valence-corrected chi connectivity index (χ1v) is 9.00. The number of nitrogens with one attached hydrogen (secondary N) is 1. The van der Waals surface area contributed by atoms with E-state index in [1.807, 2.05) is 60.7 Å². The predicted molar refractivity (Wildman–Crippen MR) is 112 cm³/mol. The Morgan fingerprint density at radius 2 is 1.72 bits per heavy atom. The number of ether oxygens (including phenoxy) is 1. The van der Waals surface area contributed by atoms with E-state index < -0.39 is 0 Å². The molecule has 7 nitrogen and oxygen atoms in total. The average molecular weight is 385 g/mol. The zero-order chi connectivity index (χ0) is 20.1. The van der Waals surface area contributed by atoms with Crippen LogP contribution in [0.2, 0.25) is 0 Å². The number of benzene rings is 2. The molecular weight excluding hydrogens is 366 g/mol. The van der Waals surface area contributed by atoms with Crippen LogP contribution in [0.15, 0.2) is 79.0 Å². The van der Waals surface area contributed by atoms with Crippen LogP contribution in [0.25, 0.3) is 11.3 Å². The molecule has 2 aromatic heterocycles. The Hall–Kier alpha value is -3.97. The van der Waals surface area contributed by atoms with E-state index in [1.165, 1.54) is 0 Å². The lowest BCUT2D eigenvalue weighted by Crippen LogP contribution is -2.01. The van der Waals surface area contributed by atoms with Crippen molar-refractivity contribution in [2.75, 3.05) is 11.1 Å². The van der Waals surface area contributed by atoms with E-state index >= 15 is 0 Å². The Bertz CT molecular complexity index is 1120. The summed E-state index contributed by atoms with van der Waals surface area (Å²) < 4.78 is 5.87. The van der Waals surface area contributed by atoms with E-state index in [9.17, 15) is 5.11 Å². The number of nitrogens with two attached hydrogens (primary N) is 1. The molecule has 0 fully saturated rings. The van der Waals surface area contributed by atoms with Crippen LogP contribution < -0.4 is 15.8 Å². The number of aliphatic hydroxyl groups is 1. The number of hydrogen-bond donors (Lipinski definition) is 3. The first-order chi connectivity index (χ1) is 14.2. The largest absolute Gasteiger partial charge is 0.457 e. The highest BCUT2D eigenvalue weighted by molar-refractivity contribution is 5.67. The van der Waals surface area contributed by atoms with E-state index in [-0.39, 0.29) is 12.6 Å². The molecule has 29 heavy (non-hydrogen) atoms. The molecule has 0 radical (unpaired) electrons. The molecular formula is C22H19N5O2. The monoisotopic (exact) mass is 385 g/mol. The summed E-state index contributed by atoms with van der Waals surface area (Å²) in [5, 5.41) is 12.5. The van der Waals surface area contributed by atoms with E-state index in [0.717, 1.165) is 16.9 Å². The zero-order valence-corrected chi connectivity index (χ0v) is 15.5. The summed E-state index contributed by atoms with van der Waals surface area (Å²) in [5.41, 5.74) is 8.92. The van der Waals surface area contributed by atoms with Gasteiger partial charge < -0.3 is 20.9 Å². The first kappa shape index (κ1) is 18.4. The number of nitrogen functional groups attached to an aromatic ring is 1. The molecule has 4 N–H and O–H groups in total. The van der Waals surface area contributed by atoms with Gasteiger partial charge in [-0.25, -0.2) is 4.98 Å². The van der Waals surface area contributed by atoms with Crippen molar-refractivity contribution in [3.05, 3.63) is 84.7 Å². The highest BCUT2D eigenvalue weighted by Gasteiger charge is 2.06. The van der Waals surface area contributed by atoms with Gasteiger partial charge >= 0.3 is 0 Å². The van der Waals surface area contributed by atoms with E-state index in [0.29, 0.717) is 23.0 Å². The summed E-state index contributed by atoms with van der Waals surface area (Å²) in [7, 11) is 0. The SMILES string of the molecule is Nc1nc(Nc2cccc(Oc3ccnc(CO)c3)c2)cc(-c2ccccc2)n1. The third-order valence-electron chi connectivity index (χ3n) is 4.11. The number of aliphatic hydroxyl groups excluding tert-OH is 1. The molecule has 4 rings (SSSR count). The summed E-state index contributed by atoms with van der Waals surface area (Å²) in [4.78, 5) is 12.6. The summed E-state index contributed by atoms with van der Waals surface area (Å²) in [6.07, 6.45) is 1.60. The minimum atomic E-state index is -0.141. The Morgan fingerprint density at radius 3 is 2.55 bits per heavy atom. The van der Waals surface area contributed by atoms with Gasteiger partial charge in [0.05, 0.1) is 18.0 Å². The van der Waals surface area contributed by atoms with Crippen molar-refractivity contribution < 1.29 is 9.84 Å². The molecule has 144 valence electrons. The minimum absolute atomic E-state index is 0.141. The summed E-state index contributed by atoms with van der Waals surface area (Å²) in [6, 6.07) is 22.5. The maximum absolute atomic E-state index is 9.21. The second-order valence-electron chi connectivity index (χ2n) is 6.26. The summed E-state index contributed by atoms with van der Waals surface area (Å²) in [6.45, 7) is -0.141. The van der Waals surface area contributed by atoms with Crippen molar-refractivity contribution in [3.63, 3.8) is 0 Å². The van der Waals surface area contributed by atoms with Gasteiger partial charge in [0.1, 0.15) is 17.3 Å². The third kappa shape index (κ3) is 4.66. The zero-order valence-electron chi connectivity index (χ0n) is 15.5. The second-order valence-corrected chi connectivity index (χ2v) is 6.26. The van der Waals surface area contributed by atoms with Crippen LogP contribution in [0.3, 0.4) is 0 Å².